The molecule has 0 aromatic heterocycles. The summed E-state index contributed by atoms with van der Waals surface area (Å²) in [7, 11) is -1.91. The maximum Gasteiger partial charge on any atom is 0.460 e. The van der Waals surface area contributed by atoms with E-state index in [0.29, 0.717) is 19.4 Å². The van der Waals surface area contributed by atoms with Gasteiger partial charge < -0.3 is 18.7 Å². The highest BCUT2D eigenvalue weighted by atomic mass is 28.4. The van der Waals surface area contributed by atoms with E-state index >= 15 is 0 Å². The molecule has 0 heterocycles. The average Bonchev–Trinajstić information content (AvgIpc) is 2.94. The second-order valence-corrected chi connectivity index (χ2v) is 15.9. The van der Waals surface area contributed by atoms with E-state index in [4.69, 9.17) is 13.9 Å². The quantitative estimate of drug-likeness (QED) is 0.0431. The molecule has 0 fully saturated rings. The Hall–Kier alpha value is -2.06. The lowest BCUT2D eigenvalue weighted by Gasteiger charge is -2.39. The van der Waals surface area contributed by atoms with Crippen LogP contribution in [0.4, 0.5) is 39.5 Å². The fourth-order valence-electron chi connectivity index (χ4n) is 4.53. The van der Waals surface area contributed by atoms with Gasteiger partial charge in [-0.25, -0.2) is 0 Å². The standard InChI is InChI=1S/C30H43F9O4Si/c1-6-44(7-2,8-3)43-26(5,18-19-40)16-9-11-23(4)21-41-22-24-12-14-25(15-13-24)42-20-10-17-27(31,32)28(33,34)29(35,36)30(37,38)39/h9,11-15,19,23H,6-8,10,16-18,20-22H2,1-5H3/t23-,26+/m1/s1. The van der Waals surface area contributed by atoms with Crippen molar-refractivity contribution in [3.05, 3.63) is 42.0 Å². The van der Waals surface area contributed by atoms with E-state index in [-0.39, 0.29) is 18.3 Å². The Balaban J connectivity index is 2.54. The minimum atomic E-state index is -6.89. The summed E-state index contributed by atoms with van der Waals surface area (Å²) in [6.45, 7) is 10.4. The van der Waals surface area contributed by atoms with Crippen molar-refractivity contribution >= 4 is 14.6 Å². The van der Waals surface area contributed by atoms with Crippen molar-refractivity contribution in [2.45, 2.75) is 115 Å². The summed E-state index contributed by atoms with van der Waals surface area (Å²) in [5.74, 6) is -18.9. The molecule has 0 bridgehead atoms. The van der Waals surface area contributed by atoms with Gasteiger partial charge in [-0.2, -0.15) is 39.5 Å². The summed E-state index contributed by atoms with van der Waals surface area (Å²) in [4.78, 5) is 11.3. The zero-order chi connectivity index (χ0) is 33.9. The largest absolute Gasteiger partial charge is 0.494 e. The first-order valence-electron chi connectivity index (χ1n) is 14.6. The number of benzene rings is 1. The predicted octanol–water partition coefficient (Wildman–Crippen LogP) is 9.78. The van der Waals surface area contributed by atoms with Crippen LogP contribution in [0.1, 0.15) is 65.9 Å². The van der Waals surface area contributed by atoms with E-state index in [1.165, 1.54) is 12.1 Å². The molecule has 0 aliphatic rings. The fourth-order valence-corrected chi connectivity index (χ4v) is 7.68. The molecule has 44 heavy (non-hydrogen) atoms. The molecule has 2 atom stereocenters. The lowest BCUT2D eigenvalue weighted by molar-refractivity contribution is -0.396. The van der Waals surface area contributed by atoms with Crippen LogP contribution in [-0.2, 0) is 20.6 Å². The van der Waals surface area contributed by atoms with Crippen molar-refractivity contribution in [2.24, 2.45) is 5.92 Å². The fraction of sp³-hybridized carbons (Fsp3) is 0.700. The van der Waals surface area contributed by atoms with Crippen molar-refractivity contribution in [1.29, 1.82) is 0 Å². The molecule has 14 heteroatoms. The number of carbonyl (C=O) groups is 1. The summed E-state index contributed by atoms with van der Waals surface area (Å²) >= 11 is 0. The third-order valence-electron chi connectivity index (χ3n) is 7.61. The normalized spacial score (nSPS) is 15.8. The Bertz CT molecular complexity index is 1020. The summed E-state index contributed by atoms with van der Waals surface area (Å²) in [5, 5.41) is 0. The molecule has 0 saturated heterocycles. The number of hydrogen-bond acceptors (Lipinski definition) is 4. The second-order valence-electron chi connectivity index (χ2n) is 11.2. The van der Waals surface area contributed by atoms with Crippen molar-refractivity contribution in [3.8, 4) is 5.75 Å². The van der Waals surface area contributed by atoms with Gasteiger partial charge in [0.1, 0.15) is 12.0 Å². The van der Waals surface area contributed by atoms with Gasteiger partial charge in [-0.15, -0.1) is 0 Å². The van der Waals surface area contributed by atoms with Crippen LogP contribution in [0.25, 0.3) is 0 Å². The van der Waals surface area contributed by atoms with Crippen LogP contribution in [0, 0.1) is 5.92 Å². The van der Waals surface area contributed by atoms with E-state index in [1.807, 2.05) is 26.0 Å². The summed E-state index contributed by atoms with van der Waals surface area (Å²) in [6, 6.07) is 9.06. The zero-order valence-corrected chi connectivity index (χ0v) is 26.7. The maximum atomic E-state index is 13.6. The topological polar surface area (TPSA) is 44.8 Å². The SMILES string of the molecule is CC[Si](CC)(CC)O[C@](C)(CC=O)CC=C[C@@H](C)COCc1ccc(OCCCC(F)(F)C(F)(F)C(F)(F)C(F)(F)F)cc1. The van der Waals surface area contributed by atoms with Gasteiger partial charge in [0.25, 0.3) is 0 Å². The Morgan fingerprint density at radius 2 is 1.43 bits per heavy atom. The molecule has 0 amide bonds. The summed E-state index contributed by atoms with van der Waals surface area (Å²) in [6.07, 6.45) is -3.88. The Kier molecular flexibility index (Phi) is 15.0. The molecule has 4 nitrogen and oxygen atoms in total. The molecule has 0 aliphatic heterocycles. The smallest absolute Gasteiger partial charge is 0.460 e. The molecular weight excluding hydrogens is 623 g/mol. The van der Waals surface area contributed by atoms with Gasteiger partial charge >= 0.3 is 23.9 Å². The minimum Gasteiger partial charge on any atom is -0.494 e. The highest BCUT2D eigenvalue weighted by Gasteiger charge is 2.81. The Labute approximate surface area is 254 Å². The molecule has 0 spiro atoms. The van der Waals surface area contributed by atoms with E-state index in [9.17, 15) is 44.3 Å². The van der Waals surface area contributed by atoms with Crippen LogP contribution in [0.15, 0.2) is 36.4 Å². The highest BCUT2D eigenvalue weighted by molar-refractivity contribution is 6.73. The van der Waals surface area contributed by atoms with E-state index in [1.54, 1.807) is 12.1 Å². The van der Waals surface area contributed by atoms with Gasteiger partial charge in [0, 0.05) is 12.8 Å². The van der Waals surface area contributed by atoms with Crippen molar-refractivity contribution < 1.29 is 58.2 Å². The van der Waals surface area contributed by atoms with E-state index < -0.39 is 57.3 Å². The molecule has 0 radical (unpaired) electrons. The zero-order valence-electron chi connectivity index (χ0n) is 25.7. The average molecular weight is 667 g/mol. The second kappa shape index (κ2) is 16.5. The third-order valence-corrected chi connectivity index (χ3v) is 12.4. The van der Waals surface area contributed by atoms with Crippen molar-refractivity contribution in [3.63, 3.8) is 0 Å². The van der Waals surface area contributed by atoms with Crippen LogP contribution < -0.4 is 4.74 Å². The van der Waals surface area contributed by atoms with Crippen LogP contribution >= 0.6 is 0 Å². The number of alkyl halides is 9. The highest BCUT2D eigenvalue weighted by Crippen LogP contribution is 2.54. The molecular formula is C30H43F9O4Si. The first kappa shape index (κ1) is 40.0. The van der Waals surface area contributed by atoms with Crippen LogP contribution in [0.3, 0.4) is 0 Å². The third kappa shape index (κ3) is 10.8. The van der Waals surface area contributed by atoms with Gasteiger partial charge in [-0.3, -0.25) is 0 Å². The van der Waals surface area contributed by atoms with Gasteiger partial charge in [-0.05, 0) is 61.5 Å². The lowest BCUT2D eigenvalue weighted by Crippen LogP contribution is -2.60. The maximum absolute atomic E-state index is 13.6. The number of ether oxygens (including phenoxy) is 2. The molecule has 0 aliphatic carbocycles. The molecule has 254 valence electrons. The number of aldehydes is 1. The summed E-state index contributed by atoms with van der Waals surface area (Å²) in [5.41, 5.74) is 0.172. The number of carbonyl (C=O) groups excluding carboxylic acids is 1. The van der Waals surface area contributed by atoms with Gasteiger partial charge in [0.2, 0.25) is 0 Å². The number of rotatable bonds is 21. The van der Waals surface area contributed by atoms with Crippen LogP contribution in [0.2, 0.25) is 18.1 Å². The van der Waals surface area contributed by atoms with Crippen molar-refractivity contribution in [2.75, 3.05) is 13.2 Å². The molecule has 1 aromatic rings. The number of hydrogen-bond donors (Lipinski definition) is 0. The first-order chi connectivity index (χ1) is 20.3. The van der Waals surface area contributed by atoms with Crippen LogP contribution in [-0.4, -0.2) is 57.4 Å². The lowest BCUT2D eigenvalue weighted by atomic mass is 9.98. The molecule has 0 N–H and O–H groups in total. The number of halogens is 9. The van der Waals surface area contributed by atoms with E-state index in [2.05, 4.69) is 20.8 Å². The van der Waals surface area contributed by atoms with Gasteiger partial charge in [0.05, 0.1) is 25.4 Å². The first-order valence-corrected chi connectivity index (χ1v) is 17.1. The Morgan fingerprint density at radius 1 is 0.864 bits per heavy atom. The summed E-state index contributed by atoms with van der Waals surface area (Å²) < 4.78 is 134. The van der Waals surface area contributed by atoms with Crippen molar-refractivity contribution in [1.82, 2.24) is 0 Å². The molecule has 0 saturated carbocycles. The predicted molar refractivity (Wildman–Crippen MR) is 152 cm³/mol. The molecule has 0 unspecified atom stereocenters. The minimum absolute atomic E-state index is 0.0604. The van der Waals surface area contributed by atoms with Gasteiger partial charge in [0.15, 0.2) is 8.32 Å². The van der Waals surface area contributed by atoms with E-state index in [0.717, 1.165) is 30.0 Å². The molecule has 1 rings (SSSR count). The molecule has 1 aromatic carbocycles. The Morgan fingerprint density at radius 3 is 1.93 bits per heavy atom. The monoisotopic (exact) mass is 666 g/mol. The van der Waals surface area contributed by atoms with Crippen LogP contribution in [0.5, 0.6) is 5.75 Å². The van der Waals surface area contributed by atoms with Gasteiger partial charge in [-0.1, -0.05) is 52.0 Å².